The molecular formula is C46H44Cl2GeZr-2. The predicted octanol–water partition coefficient (Wildman–Crippen LogP) is 15.2. The van der Waals surface area contributed by atoms with Crippen molar-refractivity contribution in [2.24, 2.45) is 0 Å². The van der Waals surface area contributed by atoms with Crippen molar-refractivity contribution in [3.63, 3.8) is 0 Å². The van der Waals surface area contributed by atoms with Gasteiger partial charge in [0.25, 0.3) is 0 Å². The van der Waals surface area contributed by atoms with Gasteiger partial charge in [0, 0.05) is 0 Å². The summed E-state index contributed by atoms with van der Waals surface area (Å²) in [4.78, 5) is 0. The van der Waals surface area contributed by atoms with Crippen molar-refractivity contribution >= 4 is 70.1 Å². The van der Waals surface area contributed by atoms with Crippen LogP contribution in [0.2, 0.25) is 11.5 Å². The predicted molar refractivity (Wildman–Crippen MR) is 222 cm³/mol. The summed E-state index contributed by atoms with van der Waals surface area (Å²) in [6.07, 6.45) is 0. The molecule has 0 unspecified atom stereocenters. The molecule has 8 aromatic rings. The van der Waals surface area contributed by atoms with E-state index >= 15 is 0 Å². The van der Waals surface area contributed by atoms with Crippen molar-refractivity contribution < 1.29 is 16.2 Å². The van der Waals surface area contributed by atoms with Crippen LogP contribution in [-0.2, 0) is 16.2 Å². The summed E-state index contributed by atoms with van der Waals surface area (Å²) in [6.45, 7) is 9.02. The molecule has 0 aromatic heterocycles. The van der Waals surface area contributed by atoms with Gasteiger partial charge >= 0.3 is 54.8 Å². The van der Waals surface area contributed by atoms with E-state index in [0.29, 0.717) is 11.8 Å². The van der Waals surface area contributed by atoms with Crippen molar-refractivity contribution in [1.29, 1.82) is 0 Å². The third-order valence-electron chi connectivity index (χ3n) is 9.42. The molecule has 8 rings (SSSR count). The fraction of sp³-hybridized carbons (Fsp3) is 0.174. The molecule has 0 aliphatic heterocycles. The molecule has 0 saturated carbocycles. The summed E-state index contributed by atoms with van der Waals surface area (Å²) in [6, 6.07) is 53.0. The minimum absolute atomic E-state index is 0.563. The van der Waals surface area contributed by atoms with Crippen LogP contribution >= 0.6 is 17.0 Å². The van der Waals surface area contributed by atoms with Gasteiger partial charge in [0.15, 0.2) is 0 Å². The van der Waals surface area contributed by atoms with E-state index in [2.05, 4.69) is 185 Å². The van der Waals surface area contributed by atoms with Gasteiger partial charge in [-0.3, -0.25) is 0 Å². The van der Waals surface area contributed by atoms with Gasteiger partial charge in [0.1, 0.15) is 0 Å². The number of halogens is 2. The first kappa shape index (κ1) is 36.8. The van der Waals surface area contributed by atoms with Gasteiger partial charge in [-0.15, -0.1) is 69.1 Å². The zero-order valence-electron chi connectivity index (χ0n) is 29.8. The summed E-state index contributed by atoms with van der Waals surface area (Å²) >= 11 is -1.59. The second-order valence-electron chi connectivity index (χ2n) is 13.8. The van der Waals surface area contributed by atoms with Gasteiger partial charge < -0.3 is 0 Å². The molecule has 0 fully saturated rings. The van der Waals surface area contributed by atoms with E-state index in [-0.39, 0.29) is 0 Å². The van der Waals surface area contributed by atoms with Gasteiger partial charge in [-0.1, -0.05) is 136 Å². The molecule has 252 valence electrons. The fourth-order valence-electron chi connectivity index (χ4n) is 6.57. The van der Waals surface area contributed by atoms with Gasteiger partial charge in [-0.2, -0.15) is 12.1 Å². The number of rotatable bonds is 4. The van der Waals surface area contributed by atoms with Crippen molar-refractivity contribution in [2.45, 2.75) is 51.0 Å². The van der Waals surface area contributed by atoms with Crippen molar-refractivity contribution in [3.05, 3.63) is 157 Å². The number of hydrogen-bond donors (Lipinski definition) is 0. The summed E-state index contributed by atoms with van der Waals surface area (Å²) < 4.78 is 0. The van der Waals surface area contributed by atoms with Gasteiger partial charge in [0.2, 0.25) is 0 Å². The molecule has 50 heavy (non-hydrogen) atoms. The quantitative estimate of drug-likeness (QED) is 0.122. The average Bonchev–Trinajstić information content (AvgIpc) is 3.77. The van der Waals surface area contributed by atoms with E-state index in [1.54, 1.807) is 0 Å². The molecule has 0 heterocycles. The van der Waals surface area contributed by atoms with Crippen molar-refractivity contribution in [2.75, 3.05) is 0 Å². The molecule has 8 aromatic carbocycles. The summed E-state index contributed by atoms with van der Waals surface area (Å²) in [5.74, 6) is 5.59. The molecule has 0 aliphatic rings. The van der Waals surface area contributed by atoms with E-state index in [0.717, 1.165) is 0 Å². The molecule has 0 saturated heterocycles. The molecule has 0 aliphatic carbocycles. The molecule has 4 heteroatoms. The van der Waals surface area contributed by atoms with Crippen LogP contribution in [0.3, 0.4) is 0 Å². The third kappa shape index (κ3) is 8.24. The number of benzene rings is 6. The zero-order chi connectivity index (χ0) is 35.4. The van der Waals surface area contributed by atoms with Crippen LogP contribution in [0.1, 0.15) is 50.7 Å². The van der Waals surface area contributed by atoms with E-state index < -0.39 is 26.2 Å². The van der Waals surface area contributed by atoms with Crippen molar-refractivity contribution in [3.8, 4) is 22.3 Å². The van der Waals surface area contributed by atoms with Crippen LogP contribution in [0.15, 0.2) is 146 Å². The van der Waals surface area contributed by atoms with Crippen molar-refractivity contribution in [1.82, 2.24) is 0 Å². The molecule has 0 radical (unpaired) electrons. The second kappa shape index (κ2) is 16.6. The molecule has 0 atom stereocenters. The first-order valence-corrected chi connectivity index (χ1v) is 35.4. The van der Waals surface area contributed by atoms with Gasteiger partial charge in [0.05, 0.1) is 0 Å². The van der Waals surface area contributed by atoms with Crippen LogP contribution < -0.4 is 0 Å². The number of fused-ring (bicyclic) bond motifs is 4. The topological polar surface area (TPSA) is 0 Å². The van der Waals surface area contributed by atoms with Crippen LogP contribution in [-0.4, -0.2) is 9.98 Å². The van der Waals surface area contributed by atoms with E-state index in [1.165, 1.54) is 76.5 Å². The molecule has 0 N–H and O–H groups in total. The average molecular weight is 832 g/mol. The van der Waals surface area contributed by atoms with Crippen LogP contribution in [0.4, 0.5) is 0 Å². The maximum absolute atomic E-state index is 5.65. The maximum atomic E-state index is 5.65. The summed E-state index contributed by atoms with van der Waals surface area (Å²) in [5, 5.41) is 10.7. The van der Waals surface area contributed by atoms with E-state index in [1.807, 2.05) is 0 Å². The molecule has 0 spiro atoms. The first-order valence-electron chi connectivity index (χ1n) is 17.5. The molecule has 0 bridgehead atoms. The monoisotopic (exact) mass is 830 g/mol. The molecule has 0 amide bonds. The Bertz CT molecular complexity index is 2250. The first-order chi connectivity index (χ1) is 24.1. The van der Waals surface area contributed by atoms with Crippen LogP contribution in [0.25, 0.3) is 65.3 Å². The zero-order valence-corrected chi connectivity index (χ0v) is 35.8. The number of hydrogen-bond acceptors (Lipinski definition) is 0. The Kier molecular flexibility index (Phi) is 12.2. The third-order valence-corrected chi connectivity index (χ3v) is 43.9. The summed E-state index contributed by atoms with van der Waals surface area (Å²) in [5.41, 5.74) is 8.15. The molecule has 0 nitrogen and oxygen atoms in total. The van der Waals surface area contributed by atoms with E-state index in [4.69, 9.17) is 17.0 Å². The molecular weight excluding hydrogens is 787 g/mol. The Labute approximate surface area is 313 Å². The Balaban J connectivity index is 0.000000149. The van der Waals surface area contributed by atoms with E-state index in [9.17, 15) is 0 Å². The Morgan fingerprint density at radius 2 is 0.780 bits per heavy atom. The van der Waals surface area contributed by atoms with Gasteiger partial charge in [-0.25, -0.2) is 0 Å². The summed E-state index contributed by atoms with van der Waals surface area (Å²) in [7, 11) is 10.6. The Morgan fingerprint density at radius 3 is 1.14 bits per heavy atom. The SMILES string of the molecule is CC(C)c1cc2c(-c3cccc4ccccc34)cccc2[cH-]1.CC(C)c1cc2c(-c3cccc4ccccc34)cccc2[cH-]1.[CH3][Ge]([CH3])=[Zr]([Cl])[Cl]. The Hall–Kier alpha value is -2.93. The fourth-order valence-corrected chi connectivity index (χ4v) is 6.57. The standard InChI is InChI=1S/2C22H19.C2H6Ge.2ClH.Zr/c2*1-15(2)18-13-17-9-6-12-21(22(17)14-18)20-11-5-8-16-7-3-4-10-19(16)20;1-3-2;;;/h2*3-15H,1-2H3;1-2H3;2*1H;/q2*-1;;;;+2/p-2. The Morgan fingerprint density at radius 1 is 0.460 bits per heavy atom. The normalized spacial score (nSPS) is 11.2. The van der Waals surface area contributed by atoms with Crippen LogP contribution in [0.5, 0.6) is 0 Å². The minimum atomic E-state index is -1.59. The van der Waals surface area contributed by atoms with Gasteiger partial charge in [-0.05, 0) is 44.5 Å². The second-order valence-corrected chi connectivity index (χ2v) is 51.8. The van der Waals surface area contributed by atoms with Crippen LogP contribution in [0, 0.1) is 0 Å².